The highest BCUT2D eigenvalue weighted by Gasteiger charge is 2.28. The van der Waals surface area contributed by atoms with E-state index in [1.807, 2.05) is 0 Å². The number of nitrogens with zero attached hydrogens (tertiary/aromatic N) is 1. The molecule has 5 rings (SSSR count). The Hall–Kier alpha value is -3.58. The van der Waals surface area contributed by atoms with Crippen molar-refractivity contribution in [2.24, 2.45) is 5.92 Å². The van der Waals surface area contributed by atoms with Gasteiger partial charge in [0.2, 0.25) is 0 Å². The van der Waals surface area contributed by atoms with Crippen LogP contribution in [0.25, 0.3) is 0 Å². The first kappa shape index (κ1) is 35.3. The summed E-state index contributed by atoms with van der Waals surface area (Å²) in [6.45, 7) is -2.09. The number of pyridine rings is 1. The lowest BCUT2D eigenvalue weighted by molar-refractivity contribution is -0.605. The maximum Gasteiger partial charge on any atom is 0.387 e. The number of rotatable bonds is 13. The quantitative estimate of drug-likeness (QED) is 0.0955. The number of halogens is 5. The van der Waals surface area contributed by atoms with E-state index in [-0.39, 0.29) is 57.4 Å². The van der Waals surface area contributed by atoms with Crippen LogP contribution in [0.2, 0.25) is 10.0 Å². The number of alkyl halides is 2. The van der Waals surface area contributed by atoms with Crippen molar-refractivity contribution in [3.63, 3.8) is 0 Å². The molecule has 0 amide bonds. The zero-order valence-electron chi connectivity index (χ0n) is 24.5. The van der Waals surface area contributed by atoms with Crippen molar-refractivity contribution < 1.29 is 46.8 Å². The molecule has 2 unspecified atom stereocenters. The van der Waals surface area contributed by atoms with Crippen LogP contribution < -0.4 is 29.0 Å². The molecule has 2 aromatic carbocycles. The zero-order valence-corrected chi connectivity index (χ0v) is 26.8. The Kier molecular flexibility index (Phi) is 12.1. The van der Waals surface area contributed by atoms with Gasteiger partial charge in [0, 0.05) is 12.0 Å². The van der Waals surface area contributed by atoms with Crippen LogP contribution in [0.3, 0.4) is 0 Å². The fourth-order valence-electron chi connectivity index (χ4n) is 4.81. The van der Waals surface area contributed by atoms with E-state index >= 15 is 0 Å². The maximum absolute atomic E-state index is 13.6. The second kappa shape index (κ2) is 15.8. The van der Waals surface area contributed by atoms with E-state index in [9.17, 15) is 23.6 Å². The van der Waals surface area contributed by atoms with Crippen LogP contribution in [-0.4, -0.2) is 44.9 Å². The fourth-order valence-corrected chi connectivity index (χ4v) is 5.41. The highest BCUT2D eigenvalue weighted by molar-refractivity contribution is 6.35. The first-order chi connectivity index (χ1) is 21.6. The number of nitrogens with one attached hydrogen (secondary N) is 1. The van der Waals surface area contributed by atoms with Gasteiger partial charge in [-0.2, -0.15) is 13.5 Å². The normalized spacial score (nSPS) is 16.3. The van der Waals surface area contributed by atoms with Gasteiger partial charge in [-0.15, -0.1) is 12.4 Å². The molecule has 1 aliphatic heterocycles. The van der Waals surface area contributed by atoms with E-state index in [0.717, 1.165) is 31.7 Å². The van der Waals surface area contributed by atoms with Crippen LogP contribution in [0, 0.1) is 11.1 Å². The average Bonchev–Trinajstić information content (AvgIpc) is 3.66. The number of methoxy groups -OCH3 is 1. The minimum Gasteiger partial charge on any atom is -0.619 e. The van der Waals surface area contributed by atoms with E-state index in [0.29, 0.717) is 41.3 Å². The van der Waals surface area contributed by atoms with E-state index in [1.54, 1.807) is 0 Å². The number of hydrogen-bond acceptors (Lipinski definition) is 9. The van der Waals surface area contributed by atoms with E-state index in [2.05, 4.69) is 10.1 Å². The predicted molar refractivity (Wildman–Crippen MR) is 165 cm³/mol. The van der Waals surface area contributed by atoms with Gasteiger partial charge < -0.3 is 34.2 Å². The van der Waals surface area contributed by atoms with Crippen LogP contribution in [0.1, 0.15) is 53.3 Å². The first-order valence-corrected chi connectivity index (χ1v) is 15.0. The molecule has 2 aliphatic rings. The van der Waals surface area contributed by atoms with Crippen LogP contribution >= 0.6 is 35.6 Å². The molecule has 1 saturated carbocycles. The summed E-state index contributed by atoms with van der Waals surface area (Å²) in [5.41, 5.74) is 0.702. The summed E-state index contributed by atoms with van der Waals surface area (Å²) in [5.74, 6) is -0.887. The topological polar surface area (TPSA) is 119 Å². The third-order valence-electron chi connectivity index (χ3n) is 7.38. The number of esters is 2. The van der Waals surface area contributed by atoms with Gasteiger partial charge >= 0.3 is 18.6 Å². The van der Waals surface area contributed by atoms with Crippen LogP contribution in [0.5, 0.6) is 23.0 Å². The average molecular weight is 704 g/mol. The van der Waals surface area contributed by atoms with Crippen molar-refractivity contribution in [2.75, 3.05) is 20.3 Å². The van der Waals surface area contributed by atoms with Crippen LogP contribution in [-0.2, 0) is 16.0 Å². The molecule has 1 N–H and O–H groups in total. The van der Waals surface area contributed by atoms with E-state index in [1.165, 1.54) is 43.5 Å². The van der Waals surface area contributed by atoms with E-state index < -0.39 is 30.7 Å². The Bertz CT molecular complexity index is 1530. The minimum absolute atomic E-state index is 0. The SMILES string of the molecule is COc1ccc(C(=O)OC(Cc2c(Cl)c[n+]([O-])cc2Cl)c2ccc(OC(F)F)c(OCC3CC3)c2)cc1OC(=O)C1CCCN1.Cl. The molecule has 10 nitrogen and oxygen atoms in total. The lowest BCUT2D eigenvalue weighted by atomic mass is 10.0. The second-order valence-electron chi connectivity index (χ2n) is 10.7. The summed E-state index contributed by atoms with van der Waals surface area (Å²) >= 11 is 12.7. The van der Waals surface area contributed by atoms with Crippen molar-refractivity contribution in [1.29, 1.82) is 0 Å². The highest BCUT2D eigenvalue weighted by Crippen LogP contribution is 2.38. The summed E-state index contributed by atoms with van der Waals surface area (Å²) < 4.78 is 54.0. The number of benzene rings is 2. The number of aromatic nitrogens is 1. The molecular formula is C31H31Cl3F2N2O8. The lowest BCUT2D eigenvalue weighted by Gasteiger charge is -2.22. The molecule has 1 saturated heterocycles. The predicted octanol–water partition coefficient (Wildman–Crippen LogP) is 6.25. The molecule has 2 fully saturated rings. The molecule has 0 radical (unpaired) electrons. The molecule has 3 aromatic rings. The molecule has 1 aromatic heterocycles. The van der Waals surface area contributed by atoms with E-state index in [4.69, 9.17) is 42.1 Å². The summed E-state index contributed by atoms with van der Waals surface area (Å²) in [4.78, 5) is 26.2. The van der Waals surface area contributed by atoms with Gasteiger partial charge in [0.15, 0.2) is 35.4 Å². The molecule has 0 spiro atoms. The number of carbonyl (C=O) groups excluding carboxylic acids is 2. The summed E-state index contributed by atoms with van der Waals surface area (Å²) in [6.07, 6.45) is 4.41. The Balaban J connectivity index is 0.00000480. The summed E-state index contributed by atoms with van der Waals surface area (Å²) in [7, 11) is 1.40. The van der Waals surface area contributed by atoms with Gasteiger partial charge in [0.05, 0.1) is 19.3 Å². The van der Waals surface area contributed by atoms with Crippen molar-refractivity contribution in [1.82, 2.24) is 5.32 Å². The largest absolute Gasteiger partial charge is 0.619 e. The van der Waals surface area contributed by atoms with Crippen molar-refractivity contribution >= 4 is 47.5 Å². The maximum atomic E-state index is 13.6. The third-order valence-corrected chi connectivity index (χ3v) is 8.03. The second-order valence-corrected chi connectivity index (χ2v) is 11.5. The molecule has 46 heavy (non-hydrogen) atoms. The lowest BCUT2D eigenvalue weighted by Crippen LogP contribution is -2.34. The molecular weight excluding hydrogens is 673 g/mol. The zero-order chi connectivity index (χ0) is 32.1. The number of hydrogen-bond donors (Lipinski definition) is 1. The highest BCUT2D eigenvalue weighted by atomic mass is 35.5. The number of carbonyl (C=O) groups is 2. The monoisotopic (exact) mass is 702 g/mol. The third kappa shape index (κ3) is 9.03. The molecule has 0 bridgehead atoms. The minimum atomic E-state index is -3.09. The Morgan fingerprint density at radius 3 is 2.37 bits per heavy atom. The van der Waals surface area contributed by atoms with Crippen molar-refractivity contribution in [3.05, 3.63) is 80.7 Å². The molecule has 2 atom stereocenters. The number of ether oxygens (including phenoxy) is 5. The Morgan fingerprint density at radius 1 is 1.02 bits per heavy atom. The first-order valence-electron chi connectivity index (χ1n) is 14.2. The van der Waals surface area contributed by atoms with Gasteiger partial charge in [0.25, 0.3) is 0 Å². The summed E-state index contributed by atoms with van der Waals surface area (Å²) in [6, 6.07) is 7.96. The Labute approximate surface area is 279 Å². The Morgan fingerprint density at radius 2 is 1.74 bits per heavy atom. The van der Waals surface area contributed by atoms with Gasteiger partial charge in [0.1, 0.15) is 22.2 Å². The van der Waals surface area contributed by atoms with Gasteiger partial charge in [-0.05, 0) is 74.0 Å². The van der Waals surface area contributed by atoms with Crippen molar-refractivity contribution in [2.45, 2.75) is 50.9 Å². The van der Waals surface area contributed by atoms with Gasteiger partial charge in [-0.25, -0.2) is 9.59 Å². The molecule has 15 heteroatoms. The van der Waals surface area contributed by atoms with Crippen molar-refractivity contribution in [3.8, 4) is 23.0 Å². The fraction of sp³-hybridized carbons (Fsp3) is 0.387. The molecule has 248 valence electrons. The van der Waals surface area contributed by atoms with Crippen LogP contribution in [0.4, 0.5) is 8.78 Å². The molecule has 1 aliphatic carbocycles. The standard InChI is InChI=1S/C31H30Cl2F2N2O8.ClH/c1-41-24-8-7-19(12-28(24)44-30(39)23-3-2-10-36-23)29(38)43-26(13-20-21(32)14-37(40)15-22(20)33)18-6-9-25(45-31(34)35)27(11-18)42-16-17-4-5-17;/h6-9,11-12,14-15,17,23,26,31,36H,2-5,10,13,16H2,1H3;1H. The van der Waals surface area contributed by atoms with Crippen LogP contribution in [0.15, 0.2) is 48.8 Å². The van der Waals surface area contributed by atoms with Gasteiger partial charge in [-0.3, -0.25) is 0 Å². The van der Waals surface area contributed by atoms with Gasteiger partial charge in [-0.1, -0.05) is 29.3 Å². The summed E-state index contributed by atoms with van der Waals surface area (Å²) in [5, 5.41) is 15.0. The molecule has 2 heterocycles. The smallest absolute Gasteiger partial charge is 0.387 e.